The normalized spacial score (nSPS) is 10.2. The Morgan fingerprint density at radius 3 is 2.33 bits per heavy atom. The summed E-state index contributed by atoms with van der Waals surface area (Å²) in [7, 11) is 4.47. The second kappa shape index (κ2) is 13.0. The van der Waals surface area contributed by atoms with Gasteiger partial charge in [0.2, 0.25) is 0 Å². The molecule has 2 N–H and O–H groups in total. The minimum Gasteiger partial charge on any atom is -0.400 e. The summed E-state index contributed by atoms with van der Waals surface area (Å²) in [5, 5.41) is 15.4. The van der Waals surface area contributed by atoms with E-state index in [2.05, 4.69) is 0 Å². The molecular weight excluding hydrogens is 158 g/mol. The fourth-order valence-corrected chi connectivity index (χ4v) is 0.604. The standard InChI is InChI=1S/C7H16NO2.CH4O/c1-8(10-2)6-4-3-5-7-9;1-2/h6,9H,3-5,7H2,1-2H3;2H,1H3/q+1;/b8-6-;. The molecule has 0 bridgehead atoms. The third-order valence-corrected chi connectivity index (χ3v) is 1.29. The third kappa shape index (κ3) is 12.1. The molecule has 4 nitrogen and oxygen atoms in total. The molecule has 0 radical (unpaired) electrons. The van der Waals surface area contributed by atoms with Crippen molar-refractivity contribution in [1.29, 1.82) is 0 Å². The zero-order valence-corrected chi connectivity index (χ0v) is 8.16. The zero-order valence-electron chi connectivity index (χ0n) is 8.16. The van der Waals surface area contributed by atoms with Gasteiger partial charge in [0.05, 0.1) is 0 Å². The lowest BCUT2D eigenvalue weighted by molar-refractivity contribution is -0.758. The van der Waals surface area contributed by atoms with Crippen molar-refractivity contribution in [3.63, 3.8) is 0 Å². The number of hydrogen-bond acceptors (Lipinski definition) is 3. The molecule has 0 aromatic heterocycles. The molecule has 0 aromatic rings. The van der Waals surface area contributed by atoms with Crippen LogP contribution >= 0.6 is 0 Å². The van der Waals surface area contributed by atoms with Gasteiger partial charge in [-0.3, -0.25) is 4.84 Å². The predicted molar refractivity (Wildman–Crippen MR) is 48.3 cm³/mol. The minimum atomic E-state index is 0.282. The Kier molecular flexibility index (Phi) is 15.1. The average Bonchev–Trinajstić information content (AvgIpc) is 2.15. The van der Waals surface area contributed by atoms with Crippen LogP contribution in [0.4, 0.5) is 0 Å². The highest BCUT2D eigenvalue weighted by Crippen LogP contribution is 1.89. The Labute approximate surface area is 74.1 Å². The molecule has 0 unspecified atom stereocenters. The van der Waals surface area contributed by atoms with E-state index in [0.717, 1.165) is 26.4 Å². The second-order valence-corrected chi connectivity index (χ2v) is 2.13. The summed E-state index contributed by atoms with van der Waals surface area (Å²) in [6.07, 6.45) is 4.80. The van der Waals surface area contributed by atoms with Crippen LogP contribution in [0.25, 0.3) is 0 Å². The van der Waals surface area contributed by atoms with Crippen molar-refractivity contribution < 1.29 is 19.8 Å². The van der Waals surface area contributed by atoms with Gasteiger partial charge in [0.1, 0.15) is 7.11 Å². The Morgan fingerprint density at radius 2 is 1.92 bits per heavy atom. The van der Waals surface area contributed by atoms with Crippen molar-refractivity contribution >= 4 is 6.21 Å². The van der Waals surface area contributed by atoms with E-state index in [-0.39, 0.29) is 6.61 Å². The zero-order chi connectivity index (χ0) is 9.82. The van der Waals surface area contributed by atoms with Crippen LogP contribution in [0.2, 0.25) is 0 Å². The van der Waals surface area contributed by atoms with E-state index in [4.69, 9.17) is 15.1 Å². The van der Waals surface area contributed by atoms with Gasteiger partial charge in [0, 0.05) is 20.1 Å². The highest BCUT2D eigenvalue weighted by molar-refractivity contribution is 5.50. The highest BCUT2D eigenvalue weighted by Gasteiger charge is 1.90. The molecule has 0 fully saturated rings. The van der Waals surface area contributed by atoms with Crippen LogP contribution in [0, 0.1) is 0 Å². The Bertz CT molecular complexity index is 104. The number of nitrogens with zero attached hydrogens (tertiary/aromatic N) is 1. The van der Waals surface area contributed by atoms with E-state index in [9.17, 15) is 0 Å². The molecule has 0 aliphatic carbocycles. The monoisotopic (exact) mass is 178 g/mol. The van der Waals surface area contributed by atoms with Gasteiger partial charge in [-0.1, -0.05) is 0 Å². The second-order valence-electron chi connectivity index (χ2n) is 2.13. The van der Waals surface area contributed by atoms with E-state index < -0.39 is 0 Å². The van der Waals surface area contributed by atoms with Gasteiger partial charge >= 0.3 is 0 Å². The molecular formula is C8H20NO3+. The van der Waals surface area contributed by atoms with Crippen LogP contribution in [0.1, 0.15) is 19.3 Å². The number of aliphatic hydroxyl groups excluding tert-OH is 2. The molecule has 0 spiro atoms. The van der Waals surface area contributed by atoms with E-state index in [1.807, 2.05) is 13.3 Å². The molecule has 4 heteroatoms. The topological polar surface area (TPSA) is 52.7 Å². The first-order valence-electron chi connectivity index (χ1n) is 3.97. The van der Waals surface area contributed by atoms with Crippen LogP contribution in [0.3, 0.4) is 0 Å². The summed E-state index contributed by atoms with van der Waals surface area (Å²) in [4.78, 5) is 4.85. The van der Waals surface area contributed by atoms with Gasteiger partial charge in [-0.05, 0) is 17.6 Å². The van der Waals surface area contributed by atoms with E-state index >= 15 is 0 Å². The van der Waals surface area contributed by atoms with Gasteiger partial charge < -0.3 is 10.2 Å². The van der Waals surface area contributed by atoms with Crippen molar-refractivity contribution in [2.45, 2.75) is 19.3 Å². The number of hydroxylamine groups is 1. The first-order chi connectivity index (χ1) is 5.81. The number of rotatable bonds is 5. The maximum atomic E-state index is 8.43. The first-order valence-corrected chi connectivity index (χ1v) is 3.97. The predicted octanol–water partition coefficient (Wildman–Crippen LogP) is 0.0320. The summed E-state index contributed by atoms with van der Waals surface area (Å²) < 4.78 is 1.66. The van der Waals surface area contributed by atoms with E-state index in [1.54, 1.807) is 11.8 Å². The molecule has 0 rings (SSSR count). The van der Waals surface area contributed by atoms with Gasteiger partial charge in [-0.2, -0.15) is 0 Å². The maximum Gasteiger partial charge on any atom is 0.192 e. The van der Waals surface area contributed by atoms with Crippen molar-refractivity contribution in [1.82, 2.24) is 0 Å². The van der Waals surface area contributed by atoms with Crippen molar-refractivity contribution in [3.8, 4) is 0 Å². The molecule has 0 atom stereocenters. The molecule has 74 valence electrons. The summed E-state index contributed by atoms with van der Waals surface area (Å²) >= 11 is 0. The first kappa shape index (κ1) is 13.9. The quantitative estimate of drug-likeness (QED) is 0.270. The van der Waals surface area contributed by atoms with Crippen LogP contribution < -0.4 is 0 Å². The van der Waals surface area contributed by atoms with Crippen LogP contribution in [0.15, 0.2) is 0 Å². The molecule has 0 saturated carbocycles. The highest BCUT2D eigenvalue weighted by atomic mass is 16.6. The van der Waals surface area contributed by atoms with E-state index in [0.29, 0.717) is 0 Å². The molecule has 0 heterocycles. The molecule has 0 aromatic carbocycles. The van der Waals surface area contributed by atoms with E-state index in [1.165, 1.54) is 0 Å². The number of aliphatic hydroxyl groups is 2. The summed E-state index contributed by atoms with van der Waals surface area (Å²) in [6.45, 7) is 0.282. The minimum absolute atomic E-state index is 0.282. The number of hydrogen-bond donors (Lipinski definition) is 2. The summed E-state index contributed by atoms with van der Waals surface area (Å²) in [5.41, 5.74) is 0. The largest absolute Gasteiger partial charge is 0.400 e. The Morgan fingerprint density at radius 1 is 1.33 bits per heavy atom. The Balaban J connectivity index is 0. The molecule has 0 amide bonds. The van der Waals surface area contributed by atoms with Gasteiger partial charge in [-0.15, -0.1) is 0 Å². The summed E-state index contributed by atoms with van der Waals surface area (Å²) in [6, 6.07) is 0. The van der Waals surface area contributed by atoms with Gasteiger partial charge in [-0.25, -0.2) is 0 Å². The fraction of sp³-hybridized carbons (Fsp3) is 0.875. The summed E-state index contributed by atoms with van der Waals surface area (Å²) in [5.74, 6) is 0. The van der Waals surface area contributed by atoms with Crippen LogP contribution in [-0.4, -0.2) is 49.0 Å². The third-order valence-electron chi connectivity index (χ3n) is 1.29. The lowest BCUT2D eigenvalue weighted by Crippen LogP contribution is -2.04. The number of unbranched alkanes of at least 4 members (excludes halogenated alkanes) is 2. The fourth-order valence-electron chi connectivity index (χ4n) is 0.604. The lowest BCUT2D eigenvalue weighted by Gasteiger charge is -1.91. The smallest absolute Gasteiger partial charge is 0.192 e. The Hall–Kier alpha value is -0.610. The molecule has 0 aliphatic rings. The SMILES string of the molecule is CO.CO/[N+](C)=C\CCCCO. The average molecular weight is 178 g/mol. The maximum absolute atomic E-state index is 8.43. The molecule has 0 saturated heterocycles. The van der Waals surface area contributed by atoms with Crippen LogP contribution in [-0.2, 0) is 4.84 Å². The lowest BCUT2D eigenvalue weighted by atomic mass is 10.2. The van der Waals surface area contributed by atoms with Crippen LogP contribution in [0.5, 0.6) is 0 Å². The van der Waals surface area contributed by atoms with Gasteiger partial charge in [0.15, 0.2) is 13.3 Å². The van der Waals surface area contributed by atoms with Crippen molar-refractivity contribution in [2.24, 2.45) is 0 Å². The molecule has 12 heavy (non-hydrogen) atoms. The van der Waals surface area contributed by atoms with Crippen molar-refractivity contribution in [3.05, 3.63) is 0 Å². The van der Waals surface area contributed by atoms with Crippen molar-refractivity contribution in [2.75, 3.05) is 27.9 Å². The van der Waals surface area contributed by atoms with Gasteiger partial charge in [0.25, 0.3) is 0 Å². The molecule has 0 aliphatic heterocycles.